The second kappa shape index (κ2) is 5.12. The number of aromatic nitrogens is 2. The molecule has 0 saturated carbocycles. The molecule has 3 nitrogen and oxygen atoms in total. The van der Waals surface area contributed by atoms with Crippen molar-refractivity contribution in [3.8, 4) is 0 Å². The summed E-state index contributed by atoms with van der Waals surface area (Å²) in [6.45, 7) is 1.84. The van der Waals surface area contributed by atoms with E-state index < -0.39 is 0 Å². The fraction of sp³-hybridized carbons (Fsp3) is 0.364. The lowest BCUT2D eigenvalue weighted by molar-refractivity contribution is 0.310. The summed E-state index contributed by atoms with van der Waals surface area (Å²) in [5.74, 6) is 1.10. The van der Waals surface area contributed by atoms with Gasteiger partial charge in [-0.25, -0.2) is 4.98 Å². The summed E-state index contributed by atoms with van der Waals surface area (Å²) in [6, 6.07) is 4.25. The molecule has 0 radical (unpaired) electrons. The molecule has 0 aliphatic rings. The second-order valence-electron chi connectivity index (χ2n) is 3.83. The number of nitrogens with zero attached hydrogens (tertiary/aromatic N) is 3. The van der Waals surface area contributed by atoms with Crippen LogP contribution in [0.15, 0.2) is 28.3 Å². The highest BCUT2D eigenvalue weighted by Crippen LogP contribution is 2.23. The molecule has 0 aromatic carbocycles. The molecule has 0 amide bonds. The number of hydrogen-bond donors (Lipinski definition) is 0. The van der Waals surface area contributed by atoms with Gasteiger partial charge in [-0.3, -0.25) is 4.90 Å². The van der Waals surface area contributed by atoms with Crippen molar-refractivity contribution in [1.82, 2.24) is 14.5 Å². The van der Waals surface area contributed by atoms with Crippen molar-refractivity contribution in [3.63, 3.8) is 0 Å². The van der Waals surface area contributed by atoms with Crippen molar-refractivity contribution < 1.29 is 0 Å². The van der Waals surface area contributed by atoms with E-state index in [1.807, 2.05) is 19.4 Å². The molecule has 0 bridgehead atoms. The maximum absolute atomic E-state index is 4.32. The van der Waals surface area contributed by atoms with E-state index in [4.69, 9.17) is 0 Å². The number of rotatable bonds is 4. The minimum atomic E-state index is 0.874. The van der Waals surface area contributed by atoms with Crippen LogP contribution in [0.25, 0.3) is 0 Å². The Labute approximate surface area is 108 Å². The minimum Gasteiger partial charge on any atom is -0.337 e. The molecule has 2 rings (SSSR count). The van der Waals surface area contributed by atoms with E-state index >= 15 is 0 Å². The Balaban J connectivity index is 1.94. The molecule has 2 heterocycles. The van der Waals surface area contributed by atoms with Crippen LogP contribution in [0.2, 0.25) is 0 Å². The Morgan fingerprint density at radius 1 is 1.44 bits per heavy atom. The van der Waals surface area contributed by atoms with Crippen molar-refractivity contribution in [2.24, 2.45) is 7.05 Å². The van der Waals surface area contributed by atoms with Gasteiger partial charge in [0.15, 0.2) is 0 Å². The molecule has 0 aliphatic heterocycles. The maximum atomic E-state index is 4.32. The van der Waals surface area contributed by atoms with Gasteiger partial charge in [0.1, 0.15) is 5.82 Å². The van der Waals surface area contributed by atoms with Gasteiger partial charge in [0.05, 0.1) is 10.3 Å². The van der Waals surface area contributed by atoms with Crippen LogP contribution >= 0.6 is 27.3 Å². The normalized spacial score (nSPS) is 11.2. The van der Waals surface area contributed by atoms with Gasteiger partial charge in [-0.15, -0.1) is 11.3 Å². The molecule has 0 fully saturated rings. The van der Waals surface area contributed by atoms with Crippen LogP contribution in [-0.2, 0) is 20.1 Å². The van der Waals surface area contributed by atoms with Crippen molar-refractivity contribution >= 4 is 27.3 Å². The van der Waals surface area contributed by atoms with Gasteiger partial charge in [0.2, 0.25) is 0 Å². The van der Waals surface area contributed by atoms with Gasteiger partial charge in [0, 0.05) is 30.9 Å². The van der Waals surface area contributed by atoms with E-state index in [-0.39, 0.29) is 0 Å². The smallest absolute Gasteiger partial charge is 0.122 e. The van der Waals surface area contributed by atoms with E-state index in [0.29, 0.717) is 0 Å². The Morgan fingerprint density at radius 2 is 2.25 bits per heavy atom. The van der Waals surface area contributed by atoms with Gasteiger partial charge >= 0.3 is 0 Å². The van der Waals surface area contributed by atoms with E-state index in [1.165, 1.54) is 8.66 Å². The van der Waals surface area contributed by atoms with Crippen molar-refractivity contribution in [1.29, 1.82) is 0 Å². The number of hydrogen-bond acceptors (Lipinski definition) is 3. The third kappa shape index (κ3) is 2.93. The summed E-state index contributed by atoms with van der Waals surface area (Å²) in [5.41, 5.74) is 0. The van der Waals surface area contributed by atoms with Gasteiger partial charge in [-0.05, 0) is 35.1 Å². The lowest BCUT2D eigenvalue weighted by Gasteiger charge is -2.14. The predicted octanol–water partition coefficient (Wildman–Crippen LogP) is 2.88. The van der Waals surface area contributed by atoms with Crippen LogP contribution in [0.5, 0.6) is 0 Å². The molecule has 0 saturated heterocycles. The molecular weight excluding hydrogens is 286 g/mol. The number of halogens is 1. The highest BCUT2D eigenvalue weighted by Gasteiger charge is 2.06. The van der Waals surface area contributed by atoms with Crippen molar-refractivity contribution in [2.75, 3.05) is 7.05 Å². The Bertz CT molecular complexity index is 463. The van der Waals surface area contributed by atoms with Gasteiger partial charge < -0.3 is 4.57 Å². The molecule has 5 heteroatoms. The molecule has 0 spiro atoms. The lowest BCUT2D eigenvalue weighted by Crippen LogP contribution is -2.18. The maximum Gasteiger partial charge on any atom is 0.122 e. The number of thiophene rings is 1. The lowest BCUT2D eigenvalue weighted by atomic mass is 10.4. The summed E-state index contributed by atoms with van der Waals surface area (Å²) in [4.78, 5) is 7.95. The first-order chi connectivity index (χ1) is 7.65. The third-order valence-corrected chi connectivity index (χ3v) is 4.00. The largest absolute Gasteiger partial charge is 0.337 e. The zero-order chi connectivity index (χ0) is 11.5. The average Bonchev–Trinajstić information content (AvgIpc) is 2.77. The zero-order valence-corrected chi connectivity index (χ0v) is 11.8. The van der Waals surface area contributed by atoms with Crippen LogP contribution in [0.1, 0.15) is 10.7 Å². The van der Waals surface area contributed by atoms with Crippen LogP contribution in [0.3, 0.4) is 0 Å². The topological polar surface area (TPSA) is 21.1 Å². The van der Waals surface area contributed by atoms with Crippen molar-refractivity contribution in [2.45, 2.75) is 13.1 Å². The Kier molecular flexibility index (Phi) is 3.78. The summed E-state index contributed by atoms with van der Waals surface area (Å²) in [6.07, 6.45) is 3.82. The molecular formula is C11H14BrN3S. The highest BCUT2D eigenvalue weighted by molar-refractivity contribution is 9.11. The van der Waals surface area contributed by atoms with Crippen molar-refractivity contribution in [3.05, 3.63) is 39.0 Å². The molecule has 0 N–H and O–H groups in total. The quantitative estimate of drug-likeness (QED) is 0.866. The summed E-state index contributed by atoms with van der Waals surface area (Å²) in [5, 5.41) is 0. The summed E-state index contributed by atoms with van der Waals surface area (Å²) < 4.78 is 3.24. The number of imidazole rings is 1. The average molecular weight is 300 g/mol. The number of aryl methyl sites for hydroxylation is 1. The van der Waals surface area contributed by atoms with Crippen LogP contribution in [-0.4, -0.2) is 21.5 Å². The monoisotopic (exact) mass is 299 g/mol. The summed E-state index contributed by atoms with van der Waals surface area (Å²) >= 11 is 5.26. The van der Waals surface area contributed by atoms with Crippen LogP contribution in [0.4, 0.5) is 0 Å². The van der Waals surface area contributed by atoms with E-state index in [2.05, 4.69) is 49.6 Å². The fourth-order valence-corrected chi connectivity index (χ4v) is 3.11. The van der Waals surface area contributed by atoms with Crippen LogP contribution in [0, 0.1) is 0 Å². The first-order valence-electron chi connectivity index (χ1n) is 5.04. The molecule has 2 aromatic heterocycles. The second-order valence-corrected chi connectivity index (χ2v) is 6.38. The molecule has 0 aliphatic carbocycles. The van der Waals surface area contributed by atoms with E-state index in [1.54, 1.807) is 11.3 Å². The van der Waals surface area contributed by atoms with E-state index in [0.717, 1.165) is 18.9 Å². The van der Waals surface area contributed by atoms with Gasteiger partial charge in [-0.1, -0.05) is 0 Å². The van der Waals surface area contributed by atoms with Gasteiger partial charge in [0.25, 0.3) is 0 Å². The SMILES string of the molecule is CN(Cc1ccc(Br)s1)Cc1nccn1C. The minimum absolute atomic E-state index is 0.874. The molecule has 2 aromatic rings. The van der Waals surface area contributed by atoms with Gasteiger partial charge in [-0.2, -0.15) is 0 Å². The first-order valence-corrected chi connectivity index (χ1v) is 6.65. The molecule has 86 valence electrons. The standard InChI is InChI=1S/C11H14BrN3S/c1-14(7-9-3-4-10(12)16-9)8-11-13-5-6-15(11)2/h3-6H,7-8H2,1-2H3. The first kappa shape index (κ1) is 11.8. The Hall–Kier alpha value is -0.650. The summed E-state index contributed by atoms with van der Waals surface area (Å²) in [7, 11) is 4.14. The van der Waals surface area contributed by atoms with E-state index in [9.17, 15) is 0 Å². The zero-order valence-electron chi connectivity index (χ0n) is 9.35. The predicted molar refractivity (Wildman–Crippen MR) is 70.4 cm³/mol. The molecule has 16 heavy (non-hydrogen) atoms. The molecule has 0 unspecified atom stereocenters. The Morgan fingerprint density at radius 3 is 2.81 bits per heavy atom. The third-order valence-electron chi connectivity index (χ3n) is 2.39. The highest BCUT2D eigenvalue weighted by atomic mass is 79.9. The molecule has 0 atom stereocenters. The fourth-order valence-electron chi connectivity index (χ4n) is 1.55. The van der Waals surface area contributed by atoms with Crippen LogP contribution < -0.4 is 0 Å².